The summed E-state index contributed by atoms with van der Waals surface area (Å²) in [6, 6.07) is 13.2. The SMILES string of the molecule is COc1cccc(-c2c(C)c(Cc3c(F)cccc3C(F)(F)F)c3n(c2=O)C(C(=NO)c2ccccc2C)CS3)c1F. The van der Waals surface area contributed by atoms with Gasteiger partial charge in [0.2, 0.25) is 0 Å². The molecule has 3 aromatic carbocycles. The van der Waals surface area contributed by atoms with E-state index in [2.05, 4.69) is 5.16 Å². The van der Waals surface area contributed by atoms with Gasteiger partial charge in [-0.05, 0) is 48.7 Å². The summed E-state index contributed by atoms with van der Waals surface area (Å²) in [5, 5.41) is 13.9. The highest BCUT2D eigenvalue weighted by Gasteiger charge is 2.38. The minimum Gasteiger partial charge on any atom is -0.494 e. The molecule has 1 atom stereocenters. The molecule has 0 amide bonds. The number of methoxy groups -OCH3 is 1. The Bertz CT molecular complexity index is 1780. The van der Waals surface area contributed by atoms with Crippen molar-refractivity contribution in [3.05, 3.63) is 116 Å². The largest absolute Gasteiger partial charge is 0.494 e. The summed E-state index contributed by atoms with van der Waals surface area (Å²) >= 11 is 1.18. The van der Waals surface area contributed by atoms with Crippen molar-refractivity contribution in [2.75, 3.05) is 12.9 Å². The molecule has 11 heteroatoms. The van der Waals surface area contributed by atoms with Crippen LogP contribution in [0.1, 0.15) is 39.4 Å². The maximum Gasteiger partial charge on any atom is 0.416 e. The van der Waals surface area contributed by atoms with Crippen molar-refractivity contribution in [2.45, 2.75) is 37.5 Å². The average Bonchev–Trinajstić information content (AvgIpc) is 3.38. The molecule has 0 fully saturated rings. The second-order valence-electron chi connectivity index (χ2n) is 9.85. The highest BCUT2D eigenvalue weighted by molar-refractivity contribution is 7.99. The number of aromatic nitrogens is 1. The fourth-order valence-corrected chi connectivity index (χ4v) is 6.80. The summed E-state index contributed by atoms with van der Waals surface area (Å²) in [6.45, 7) is 3.32. The van der Waals surface area contributed by atoms with E-state index in [9.17, 15) is 23.2 Å². The topological polar surface area (TPSA) is 63.8 Å². The number of ether oxygens (including phenoxy) is 1. The van der Waals surface area contributed by atoms with Crippen molar-refractivity contribution in [1.82, 2.24) is 4.57 Å². The summed E-state index contributed by atoms with van der Waals surface area (Å²) in [5.74, 6) is -1.82. The van der Waals surface area contributed by atoms with Crippen LogP contribution in [-0.4, -0.2) is 28.3 Å². The number of thioether (sulfide) groups is 1. The van der Waals surface area contributed by atoms with Gasteiger partial charge in [-0.1, -0.05) is 47.6 Å². The molecule has 218 valence electrons. The van der Waals surface area contributed by atoms with Crippen LogP contribution in [0, 0.1) is 25.5 Å². The molecule has 5 rings (SSSR count). The highest BCUT2D eigenvalue weighted by Crippen LogP contribution is 2.43. The molecule has 42 heavy (non-hydrogen) atoms. The van der Waals surface area contributed by atoms with Gasteiger partial charge in [0.25, 0.3) is 5.56 Å². The van der Waals surface area contributed by atoms with Crippen molar-refractivity contribution in [2.24, 2.45) is 5.16 Å². The molecule has 4 aromatic rings. The van der Waals surface area contributed by atoms with Gasteiger partial charge in [0.05, 0.1) is 29.3 Å². The third kappa shape index (κ3) is 4.95. The molecular formula is C31H25F5N2O3S. The first-order valence-corrected chi connectivity index (χ1v) is 13.8. The minimum atomic E-state index is -4.83. The van der Waals surface area contributed by atoms with Crippen LogP contribution in [0.4, 0.5) is 22.0 Å². The van der Waals surface area contributed by atoms with E-state index in [0.717, 1.165) is 23.8 Å². The molecule has 0 aliphatic carbocycles. The number of hydrogen-bond donors (Lipinski definition) is 1. The third-order valence-electron chi connectivity index (χ3n) is 7.50. The number of rotatable bonds is 6. The van der Waals surface area contributed by atoms with Gasteiger partial charge in [-0.3, -0.25) is 9.36 Å². The van der Waals surface area contributed by atoms with E-state index in [4.69, 9.17) is 4.74 Å². The van der Waals surface area contributed by atoms with Crippen LogP contribution in [0.5, 0.6) is 5.75 Å². The van der Waals surface area contributed by atoms with E-state index in [1.165, 1.54) is 48.6 Å². The minimum absolute atomic E-state index is 0.107. The monoisotopic (exact) mass is 600 g/mol. The van der Waals surface area contributed by atoms with E-state index < -0.39 is 47.0 Å². The van der Waals surface area contributed by atoms with Crippen molar-refractivity contribution in [1.29, 1.82) is 0 Å². The van der Waals surface area contributed by atoms with Gasteiger partial charge < -0.3 is 9.94 Å². The van der Waals surface area contributed by atoms with Crippen molar-refractivity contribution in [3.63, 3.8) is 0 Å². The molecule has 0 radical (unpaired) electrons. The van der Waals surface area contributed by atoms with Crippen molar-refractivity contribution in [3.8, 4) is 16.9 Å². The summed E-state index contributed by atoms with van der Waals surface area (Å²) in [5.41, 5.74) is -0.652. The number of benzene rings is 3. The Morgan fingerprint density at radius 2 is 1.76 bits per heavy atom. The number of fused-ring (bicyclic) bond motifs is 1. The number of aryl methyl sites for hydroxylation is 1. The lowest BCUT2D eigenvalue weighted by Crippen LogP contribution is -2.32. The van der Waals surface area contributed by atoms with Crippen molar-refractivity contribution < 1.29 is 31.9 Å². The zero-order chi connectivity index (χ0) is 30.3. The zero-order valence-electron chi connectivity index (χ0n) is 22.7. The van der Waals surface area contributed by atoms with E-state index in [1.54, 1.807) is 31.2 Å². The van der Waals surface area contributed by atoms with E-state index in [1.807, 2.05) is 0 Å². The van der Waals surface area contributed by atoms with Crippen LogP contribution in [0.25, 0.3) is 11.1 Å². The molecule has 1 aliphatic rings. The summed E-state index contributed by atoms with van der Waals surface area (Å²) < 4.78 is 78.9. The maximum absolute atomic E-state index is 15.6. The summed E-state index contributed by atoms with van der Waals surface area (Å²) in [4.78, 5) is 14.2. The normalized spacial score (nSPS) is 15.1. The molecule has 0 saturated heterocycles. The van der Waals surface area contributed by atoms with Gasteiger partial charge in [-0.2, -0.15) is 13.2 Å². The Morgan fingerprint density at radius 1 is 1.05 bits per heavy atom. The molecule has 1 N–H and O–H groups in total. The number of oxime groups is 1. The summed E-state index contributed by atoms with van der Waals surface area (Å²) in [7, 11) is 1.27. The van der Waals surface area contributed by atoms with Gasteiger partial charge >= 0.3 is 6.18 Å². The number of hydrogen-bond acceptors (Lipinski definition) is 5. The van der Waals surface area contributed by atoms with Crippen molar-refractivity contribution >= 4 is 17.5 Å². The molecule has 1 aliphatic heterocycles. The highest BCUT2D eigenvalue weighted by atomic mass is 32.2. The predicted octanol–water partition coefficient (Wildman–Crippen LogP) is 7.55. The van der Waals surface area contributed by atoms with E-state index >= 15 is 8.78 Å². The number of alkyl halides is 3. The number of pyridine rings is 1. The van der Waals surface area contributed by atoms with Gasteiger partial charge in [0.15, 0.2) is 11.6 Å². The van der Waals surface area contributed by atoms with Crippen LogP contribution in [-0.2, 0) is 12.6 Å². The lowest BCUT2D eigenvalue weighted by atomic mass is 9.92. The molecule has 0 bridgehead atoms. The van der Waals surface area contributed by atoms with Crippen LogP contribution >= 0.6 is 11.8 Å². The van der Waals surface area contributed by atoms with Gasteiger partial charge in [-0.15, -0.1) is 11.8 Å². The van der Waals surface area contributed by atoms with E-state index in [0.29, 0.717) is 10.6 Å². The first-order chi connectivity index (χ1) is 20.0. The second kappa shape index (κ2) is 11.3. The first kappa shape index (κ1) is 29.4. The molecule has 5 nitrogen and oxygen atoms in total. The Morgan fingerprint density at radius 3 is 2.43 bits per heavy atom. The number of nitrogens with zero attached hydrogens (tertiary/aromatic N) is 2. The fourth-order valence-electron chi connectivity index (χ4n) is 5.43. The summed E-state index contributed by atoms with van der Waals surface area (Å²) in [6.07, 6.45) is -5.35. The molecule has 0 spiro atoms. The number of halogens is 5. The Labute approximate surface area is 242 Å². The quantitative estimate of drug-likeness (QED) is 0.107. The molecule has 0 saturated carbocycles. The lowest BCUT2D eigenvalue weighted by Gasteiger charge is -2.23. The smallest absolute Gasteiger partial charge is 0.416 e. The molecule has 1 aromatic heterocycles. The van der Waals surface area contributed by atoms with Gasteiger partial charge in [0, 0.05) is 28.9 Å². The predicted molar refractivity (Wildman–Crippen MR) is 151 cm³/mol. The second-order valence-corrected chi connectivity index (χ2v) is 10.9. The van der Waals surface area contributed by atoms with Crippen LogP contribution in [0.2, 0.25) is 0 Å². The Hall–Kier alpha value is -4.12. The lowest BCUT2D eigenvalue weighted by molar-refractivity contribution is -0.138. The first-order valence-electron chi connectivity index (χ1n) is 12.9. The van der Waals surface area contributed by atoms with Crippen LogP contribution in [0.3, 0.4) is 0 Å². The standard InChI is InChI=1S/C31H25F5N2O3S/c1-16-8-4-5-9-18(16)28(37-40)24-15-42-30-20(14-21-22(31(34,35)36)11-7-12-23(21)32)17(2)26(29(39)38(24)30)19-10-6-13-25(41-3)27(19)33/h4-13,24,40H,14-15H2,1-3H3. The van der Waals surface area contributed by atoms with Crippen LogP contribution < -0.4 is 10.3 Å². The van der Waals surface area contributed by atoms with Gasteiger partial charge in [0.1, 0.15) is 11.5 Å². The molecule has 1 unspecified atom stereocenters. The van der Waals surface area contributed by atoms with Gasteiger partial charge in [-0.25, -0.2) is 8.78 Å². The Balaban J connectivity index is 1.82. The maximum atomic E-state index is 15.6. The van der Waals surface area contributed by atoms with Crippen LogP contribution in [0.15, 0.2) is 75.6 Å². The van der Waals surface area contributed by atoms with E-state index in [-0.39, 0.29) is 39.5 Å². The molecule has 2 heterocycles. The Kier molecular flexibility index (Phi) is 7.89. The molecular weight excluding hydrogens is 575 g/mol. The zero-order valence-corrected chi connectivity index (χ0v) is 23.5. The fraction of sp³-hybridized carbons (Fsp3) is 0.226. The third-order valence-corrected chi connectivity index (χ3v) is 8.70. The average molecular weight is 601 g/mol.